The van der Waals surface area contributed by atoms with Crippen molar-refractivity contribution in [1.29, 1.82) is 0 Å². The Morgan fingerprint density at radius 1 is 0.833 bits per heavy atom. The molecule has 36 heavy (non-hydrogen) atoms. The van der Waals surface area contributed by atoms with Gasteiger partial charge in [0.05, 0.1) is 12.5 Å². The molecule has 0 fully saturated rings. The van der Waals surface area contributed by atoms with Gasteiger partial charge in [-0.25, -0.2) is 4.79 Å². The first kappa shape index (κ1) is 32.5. The third-order valence-electron chi connectivity index (χ3n) is 5.15. The minimum Gasteiger partial charge on any atom is -0.480 e. The molecule has 14 N–H and O–H groups in total. The smallest absolute Gasteiger partial charge is 0.326 e. The third-order valence-corrected chi connectivity index (χ3v) is 5.15. The maximum Gasteiger partial charge on any atom is 0.326 e. The maximum atomic E-state index is 12.9. The summed E-state index contributed by atoms with van der Waals surface area (Å²) < 4.78 is 0. The second-order valence-corrected chi connectivity index (χ2v) is 8.70. The molecule has 0 aromatic carbocycles. The number of carboxylic acids is 1. The number of nitrogens with zero attached hydrogens (tertiary/aromatic N) is 1. The number of rotatable bonds is 18. The van der Waals surface area contributed by atoms with E-state index in [1.165, 1.54) is 0 Å². The molecule has 0 aromatic heterocycles. The molecule has 0 aliphatic rings. The Kier molecular flexibility index (Phi) is 15.4. The van der Waals surface area contributed by atoms with Crippen LogP contribution in [0.2, 0.25) is 0 Å². The van der Waals surface area contributed by atoms with Crippen molar-refractivity contribution in [2.24, 2.45) is 39.6 Å². The van der Waals surface area contributed by atoms with Gasteiger partial charge in [-0.2, -0.15) is 0 Å². The lowest BCUT2D eigenvalue weighted by atomic mass is 10.0. The van der Waals surface area contributed by atoms with E-state index in [0.717, 1.165) is 0 Å². The summed E-state index contributed by atoms with van der Waals surface area (Å²) in [5.41, 5.74) is 27.0. The van der Waals surface area contributed by atoms with Crippen LogP contribution >= 0.6 is 0 Å². The van der Waals surface area contributed by atoms with Gasteiger partial charge in [0, 0.05) is 6.54 Å². The van der Waals surface area contributed by atoms with Gasteiger partial charge in [0.15, 0.2) is 5.96 Å². The van der Waals surface area contributed by atoms with Crippen LogP contribution < -0.4 is 44.6 Å². The van der Waals surface area contributed by atoms with Crippen LogP contribution in [-0.4, -0.2) is 77.9 Å². The number of nitrogens with two attached hydrogens (primary N) is 5. The van der Waals surface area contributed by atoms with Crippen molar-refractivity contribution in [1.82, 2.24) is 16.0 Å². The van der Waals surface area contributed by atoms with Crippen molar-refractivity contribution in [2.45, 2.75) is 76.5 Å². The summed E-state index contributed by atoms with van der Waals surface area (Å²) in [6.45, 7) is 3.95. The number of unbranched alkanes of at least 4 members (excludes halogenated alkanes) is 1. The minimum atomic E-state index is -1.47. The number of guanidine groups is 1. The standard InChI is InChI=1S/C21H41N9O6/c1-11(2)16(30-17(32)12(23)6-3-4-8-22)19(34)29-14(10-15(24)31)18(33)28-13(20(35)36)7-5-9-27-21(25)26/h11-14,16H,3-10,22-23H2,1-2H3,(H2,24,31)(H,28,33)(H,29,34)(H,30,32)(H,35,36)(H4,25,26,27). The lowest BCUT2D eigenvalue weighted by Crippen LogP contribution is -2.59. The molecular weight excluding hydrogens is 474 g/mol. The Hall–Kier alpha value is -3.46. The first-order valence-corrected chi connectivity index (χ1v) is 11.7. The number of aliphatic imine (C=N–C) groups is 1. The van der Waals surface area contributed by atoms with E-state index in [0.29, 0.717) is 25.8 Å². The number of carbonyl (C=O) groups is 5. The van der Waals surface area contributed by atoms with Crippen LogP contribution in [0.5, 0.6) is 0 Å². The van der Waals surface area contributed by atoms with Gasteiger partial charge in [-0.3, -0.25) is 24.2 Å². The highest BCUT2D eigenvalue weighted by Crippen LogP contribution is 2.07. The summed E-state index contributed by atoms with van der Waals surface area (Å²) in [6.07, 6.45) is 1.36. The molecule has 4 amide bonds. The second-order valence-electron chi connectivity index (χ2n) is 8.70. The Morgan fingerprint density at radius 3 is 1.94 bits per heavy atom. The van der Waals surface area contributed by atoms with Crippen molar-refractivity contribution in [3.63, 3.8) is 0 Å². The fraction of sp³-hybridized carbons (Fsp3) is 0.714. The zero-order valence-corrected chi connectivity index (χ0v) is 20.9. The molecule has 15 nitrogen and oxygen atoms in total. The molecule has 0 bridgehead atoms. The SMILES string of the molecule is CC(C)C(NC(=O)C(N)CCCCN)C(=O)NC(CC(N)=O)C(=O)NC(CCCN=C(N)N)C(=O)O. The number of hydrogen-bond acceptors (Lipinski definition) is 8. The lowest BCUT2D eigenvalue weighted by Gasteiger charge is -2.26. The van der Waals surface area contributed by atoms with Gasteiger partial charge in [-0.15, -0.1) is 0 Å². The zero-order chi connectivity index (χ0) is 27.8. The molecule has 0 aliphatic heterocycles. The number of hydrogen-bond donors (Lipinski definition) is 9. The van der Waals surface area contributed by atoms with Gasteiger partial charge < -0.3 is 49.7 Å². The van der Waals surface area contributed by atoms with Gasteiger partial charge in [-0.1, -0.05) is 20.3 Å². The number of carboxylic acid groups (broad SMARTS) is 1. The largest absolute Gasteiger partial charge is 0.480 e. The molecule has 0 radical (unpaired) electrons. The molecule has 0 heterocycles. The van der Waals surface area contributed by atoms with Crippen molar-refractivity contribution in [2.75, 3.05) is 13.1 Å². The highest BCUT2D eigenvalue weighted by Gasteiger charge is 2.32. The summed E-state index contributed by atoms with van der Waals surface area (Å²) in [5, 5.41) is 16.6. The van der Waals surface area contributed by atoms with E-state index in [2.05, 4.69) is 20.9 Å². The molecule has 0 aromatic rings. The number of nitrogens with one attached hydrogen (secondary N) is 3. The van der Waals surface area contributed by atoms with Crippen molar-refractivity contribution < 1.29 is 29.1 Å². The summed E-state index contributed by atoms with van der Waals surface area (Å²) >= 11 is 0. The average molecular weight is 516 g/mol. The van der Waals surface area contributed by atoms with E-state index in [4.69, 9.17) is 28.7 Å². The van der Waals surface area contributed by atoms with E-state index >= 15 is 0 Å². The number of primary amides is 1. The van der Waals surface area contributed by atoms with Gasteiger partial charge in [-0.05, 0) is 38.1 Å². The van der Waals surface area contributed by atoms with Gasteiger partial charge >= 0.3 is 5.97 Å². The van der Waals surface area contributed by atoms with Crippen molar-refractivity contribution >= 4 is 35.6 Å². The summed E-state index contributed by atoms with van der Waals surface area (Å²) in [5.74, 6) is -5.01. The molecule has 0 saturated carbocycles. The Labute approximate surface area is 210 Å². The zero-order valence-electron chi connectivity index (χ0n) is 20.9. The molecule has 15 heteroatoms. The molecule has 0 rings (SSSR count). The number of amides is 4. The minimum absolute atomic E-state index is 0.0121. The molecule has 0 aliphatic carbocycles. The number of carbonyl (C=O) groups excluding carboxylic acids is 4. The van der Waals surface area contributed by atoms with Gasteiger partial charge in [0.1, 0.15) is 18.1 Å². The van der Waals surface area contributed by atoms with Crippen LogP contribution in [-0.2, 0) is 24.0 Å². The summed E-state index contributed by atoms with van der Waals surface area (Å²) in [6, 6.07) is -4.72. The van der Waals surface area contributed by atoms with E-state index in [1.807, 2.05) is 0 Å². The highest BCUT2D eigenvalue weighted by molar-refractivity contribution is 5.96. The van der Waals surface area contributed by atoms with Crippen LogP contribution in [0.1, 0.15) is 52.4 Å². The quantitative estimate of drug-likeness (QED) is 0.0494. The van der Waals surface area contributed by atoms with E-state index in [-0.39, 0.29) is 25.3 Å². The highest BCUT2D eigenvalue weighted by atomic mass is 16.4. The predicted molar refractivity (Wildman–Crippen MR) is 133 cm³/mol. The van der Waals surface area contributed by atoms with Crippen LogP contribution in [0.15, 0.2) is 4.99 Å². The van der Waals surface area contributed by atoms with Gasteiger partial charge in [0.25, 0.3) is 0 Å². The monoisotopic (exact) mass is 515 g/mol. The topological polar surface area (TPSA) is 284 Å². The Bertz CT molecular complexity index is 786. The number of aliphatic carboxylic acids is 1. The normalized spacial score (nSPS) is 14.1. The summed E-state index contributed by atoms with van der Waals surface area (Å²) in [4.78, 5) is 65.0. The average Bonchev–Trinajstić information content (AvgIpc) is 2.77. The first-order valence-electron chi connectivity index (χ1n) is 11.7. The fourth-order valence-corrected chi connectivity index (χ4v) is 3.14. The predicted octanol–water partition coefficient (Wildman–Crippen LogP) is -3.43. The molecule has 4 unspecified atom stereocenters. The van der Waals surface area contributed by atoms with E-state index < -0.39 is 66.1 Å². The molecule has 0 saturated heterocycles. The van der Waals surface area contributed by atoms with Crippen LogP contribution in [0, 0.1) is 5.92 Å². The van der Waals surface area contributed by atoms with E-state index in [1.54, 1.807) is 13.8 Å². The molecule has 206 valence electrons. The molecule has 4 atom stereocenters. The van der Waals surface area contributed by atoms with Crippen LogP contribution in [0.25, 0.3) is 0 Å². The lowest BCUT2D eigenvalue weighted by molar-refractivity contribution is -0.142. The summed E-state index contributed by atoms with van der Waals surface area (Å²) in [7, 11) is 0. The van der Waals surface area contributed by atoms with Gasteiger partial charge in [0.2, 0.25) is 23.6 Å². The first-order chi connectivity index (χ1) is 16.8. The Balaban J connectivity index is 5.35. The fourth-order valence-electron chi connectivity index (χ4n) is 3.14. The van der Waals surface area contributed by atoms with Crippen molar-refractivity contribution in [3.05, 3.63) is 0 Å². The third kappa shape index (κ3) is 13.4. The molecular formula is C21H41N9O6. The van der Waals surface area contributed by atoms with Crippen LogP contribution in [0.4, 0.5) is 0 Å². The van der Waals surface area contributed by atoms with Crippen LogP contribution in [0.3, 0.4) is 0 Å². The second kappa shape index (κ2) is 17.0. The molecule has 0 spiro atoms. The maximum absolute atomic E-state index is 12.9. The van der Waals surface area contributed by atoms with E-state index in [9.17, 15) is 29.1 Å². The Morgan fingerprint density at radius 2 is 1.44 bits per heavy atom. The van der Waals surface area contributed by atoms with Crippen molar-refractivity contribution in [3.8, 4) is 0 Å².